The van der Waals surface area contributed by atoms with Crippen LogP contribution in [-0.4, -0.2) is 63.2 Å². The van der Waals surface area contributed by atoms with Crippen LogP contribution >= 0.6 is 0 Å². The van der Waals surface area contributed by atoms with Crippen molar-refractivity contribution in [2.75, 3.05) is 44.6 Å². The average molecular weight is 491 g/mol. The van der Waals surface area contributed by atoms with Gasteiger partial charge in [-0.2, -0.15) is 0 Å². The maximum absolute atomic E-state index is 14.1. The zero-order valence-electron chi connectivity index (χ0n) is 21.6. The Morgan fingerprint density at radius 3 is 2.56 bits per heavy atom. The van der Waals surface area contributed by atoms with Gasteiger partial charge in [-0.15, -0.1) is 0 Å². The molecule has 3 aliphatic rings. The minimum atomic E-state index is -0.189. The number of ether oxygens (including phenoxy) is 1. The van der Waals surface area contributed by atoms with Gasteiger partial charge in [0.1, 0.15) is 0 Å². The lowest BCUT2D eigenvalue weighted by atomic mass is 9.81. The Morgan fingerprint density at radius 1 is 1.06 bits per heavy atom. The van der Waals surface area contributed by atoms with Crippen LogP contribution in [-0.2, 0) is 9.53 Å². The first-order valence-electron chi connectivity index (χ1n) is 13.2. The van der Waals surface area contributed by atoms with E-state index in [4.69, 9.17) is 4.74 Å². The number of amides is 2. The van der Waals surface area contributed by atoms with Crippen LogP contribution in [0.25, 0.3) is 0 Å². The summed E-state index contributed by atoms with van der Waals surface area (Å²) < 4.78 is 5.52. The first-order valence-corrected chi connectivity index (χ1v) is 13.2. The molecule has 36 heavy (non-hydrogen) atoms. The number of likely N-dealkylation sites (tertiary alicyclic amines) is 1. The molecule has 1 saturated heterocycles. The topological polar surface area (TPSA) is 73.9 Å². The maximum atomic E-state index is 14.1. The number of hydrogen-bond donors (Lipinski definition) is 2. The first-order chi connectivity index (χ1) is 17.5. The maximum Gasteiger partial charge on any atom is 0.251 e. The molecule has 2 fully saturated rings. The average Bonchev–Trinajstić information content (AvgIpc) is 3.35. The molecular weight excluding hydrogens is 452 g/mol. The number of rotatable bonds is 6. The van der Waals surface area contributed by atoms with Gasteiger partial charge in [0.15, 0.2) is 0 Å². The Labute approximate surface area is 214 Å². The molecule has 7 heteroatoms. The molecule has 0 bridgehead atoms. The Balaban J connectivity index is 1.35. The monoisotopic (exact) mass is 490 g/mol. The number of fused-ring (bicyclic) bond motifs is 3. The van der Waals surface area contributed by atoms with E-state index in [-0.39, 0.29) is 35.9 Å². The number of benzene rings is 2. The highest BCUT2D eigenvalue weighted by atomic mass is 16.5. The van der Waals surface area contributed by atoms with Crippen molar-refractivity contribution in [1.29, 1.82) is 0 Å². The summed E-state index contributed by atoms with van der Waals surface area (Å²) >= 11 is 0. The van der Waals surface area contributed by atoms with E-state index in [0.29, 0.717) is 18.1 Å². The second-order valence-electron chi connectivity index (χ2n) is 10.6. The van der Waals surface area contributed by atoms with Gasteiger partial charge in [-0.3, -0.25) is 9.59 Å². The molecule has 0 spiro atoms. The van der Waals surface area contributed by atoms with E-state index in [1.807, 2.05) is 49.3 Å². The molecule has 2 aliphatic heterocycles. The Hall–Kier alpha value is -3.06. The molecule has 0 unspecified atom stereocenters. The van der Waals surface area contributed by atoms with E-state index in [0.717, 1.165) is 50.0 Å². The zero-order chi connectivity index (χ0) is 25.2. The van der Waals surface area contributed by atoms with Gasteiger partial charge >= 0.3 is 0 Å². The van der Waals surface area contributed by atoms with Crippen molar-refractivity contribution in [3.8, 4) is 0 Å². The number of carbonyl (C=O) groups is 2. The molecule has 2 heterocycles. The summed E-state index contributed by atoms with van der Waals surface area (Å²) in [6.45, 7) is 1.36. The van der Waals surface area contributed by atoms with Crippen molar-refractivity contribution in [3.05, 3.63) is 59.7 Å². The predicted molar refractivity (Wildman–Crippen MR) is 142 cm³/mol. The Bertz CT molecular complexity index is 1090. The standard InChI is InChI=1S/C29H38N4O3/c1-32(2)20-14-12-19(13-15-20)28(34)31-25-11-7-5-9-23(25)29(35)33-17-16-22-26(18-36-3)30-24-10-6-4-8-21(24)27(22)33/h4,6,8,10,12-15,22-23,25-27,30H,5,7,9,11,16-18H2,1-3H3,(H,31,34)/t22-,23-,25+,26-,27-/m0/s1. The van der Waals surface area contributed by atoms with Gasteiger partial charge < -0.3 is 25.2 Å². The van der Waals surface area contributed by atoms with Gasteiger partial charge in [-0.1, -0.05) is 31.0 Å². The van der Waals surface area contributed by atoms with Gasteiger partial charge in [0.25, 0.3) is 5.91 Å². The fraction of sp³-hybridized carbons (Fsp3) is 0.517. The van der Waals surface area contributed by atoms with E-state index in [9.17, 15) is 9.59 Å². The highest BCUT2D eigenvalue weighted by Crippen LogP contribution is 2.47. The third kappa shape index (κ3) is 4.69. The summed E-state index contributed by atoms with van der Waals surface area (Å²) in [5, 5.41) is 6.88. The minimum Gasteiger partial charge on any atom is -0.383 e. The van der Waals surface area contributed by atoms with Crippen LogP contribution in [0.15, 0.2) is 48.5 Å². The van der Waals surface area contributed by atoms with Crippen molar-refractivity contribution in [1.82, 2.24) is 10.2 Å². The second-order valence-corrected chi connectivity index (χ2v) is 10.6. The lowest BCUT2D eigenvalue weighted by Gasteiger charge is -2.41. The van der Waals surface area contributed by atoms with E-state index in [1.54, 1.807) is 7.11 Å². The van der Waals surface area contributed by atoms with Gasteiger partial charge in [-0.05, 0) is 55.2 Å². The molecule has 0 aromatic heterocycles. The lowest BCUT2D eigenvalue weighted by molar-refractivity contribution is -0.139. The summed E-state index contributed by atoms with van der Waals surface area (Å²) in [5.74, 6) is 0.209. The van der Waals surface area contributed by atoms with E-state index in [2.05, 4.69) is 33.7 Å². The number of hydrogen-bond acceptors (Lipinski definition) is 5. The molecule has 7 nitrogen and oxygen atoms in total. The third-order valence-electron chi connectivity index (χ3n) is 8.26. The SMILES string of the molecule is COC[C@@H]1Nc2ccccc2[C@H]2[C@H]1CCN2C(=O)[C@H]1CCCC[C@H]1NC(=O)c1ccc(N(C)C)cc1. The highest BCUT2D eigenvalue weighted by molar-refractivity contribution is 5.95. The van der Waals surface area contributed by atoms with Crippen molar-refractivity contribution >= 4 is 23.2 Å². The molecule has 192 valence electrons. The summed E-state index contributed by atoms with van der Waals surface area (Å²) in [7, 11) is 5.70. The van der Waals surface area contributed by atoms with Crippen LogP contribution in [0.1, 0.15) is 54.1 Å². The van der Waals surface area contributed by atoms with Crippen LogP contribution in [0.5, 0.6) is 0 Å². The quantitative estimate of drug-likeness (QED) is 0.639. The number of methoxy groups -OCH3 is 1. The third-order valence-corrected chi connectivity index (χ3v) is 8.26. The molecule has 2 N–H and O–H groups in total. The van der Waals surface area contributed by atoms with Crippen molar-refractivity contribution in [2.24, 2.45) is 11.8 Å². The molecule has 5 rings (SSSR count). The van der Waals surface area contributed by atoms with Crippen molar-refractivity contribution in [3.63, 3.8) is 0 Å². The van der Waals surface area contributed by atoms with E-state index < -0.39 is 0 Å². The summed E-state index contributed by atoms with van der Waals surface area (Å²) in [6, 6.07) is 16.0. The van der Waals surface area contributed by atoms with Gasteiger partial charge in [0.2, 0.25) is 5.91 Å². The van der Waals surface area contributed by atoms with Crippen LogP contribution in [0.4, 0.5) is 11.4 Å². The molecule has 1 saturated carbocycles. The minimum absolute atomic E-state index is 0.0481. The van der Waals surface area contributed by atoms with Crippen LogP contribution in [0.2, 0.25) is 0 Å². The van der Waals surface area contributed by atoms with Gasteiger partial charge in [0, 0.05) is 56.6 Å². The second kappa shape index (κ2) is 10.5. The fourth-order valence-corrected chi connectivity index (χ4v) is 6.40. The Kier molecular flexibility index (Phi) is 7.19. The Morgan fingerprint density at radius 2 is 1.81 bits per heavy atom. The van der Waals surface area contributed by atoms with Crippen LogP contribution < -0.4 is 15.5 Å². The fourth-order valence-electron chi connectivity index (χ4n) is 6.40. The smallest absolute Gasteiger partial charge is 0.251 e. The van der Waals surface area contributed by atoms with Crippen molar-refractivity contribution in [2.45, 2.75) is 50.2 Å². The van der Waals surface area contributed by atoms with Crippen molar-refractivity contribution < 1.29 is 14.3 Å². The normalized spacial score (nSPS) is 27.0. The predicted octanol–water partition coefficient (Wildman–Crippen LogP) is 4.07. The lowest BCUT2D eigenvalue weighted by Crippen LogP contribution is -2.50. The number of para-hydroxylation sites is 1. The molecule has 5 atom stereocenters. The first kappa shape index (κ1) is 24.6. The number of anilines is 2. The van der Waals surface area contributed by atoms with Crippen LogP contribution in [0.3, 0.4) is 0 Å². The van der Waals surface area contributed by atoms with Gasteiger partial charge in [0.05, 0.1) is 24.6 Å². The van der Waals surface area contributed by atoms with Crippen LogP contribution in [0, 0.1) is 11.8 Å². The van der Waals surface area contributed by atoms with E-state index in [1.165, 1.54) is 5.56 Å². The number of nitrogens with one attached hydrogen (secondary N) is 2. The van der Waals surface area contributed by atoms with E-state index >= 15 is 0 Å². The molecule has 0 radical (unpaired) electrons. The molecular formula is C29H38N4O3. The largest absolute Gasteiger partial charge is 0.383 e. The highest BCUT2D eigenvalue weighted by Gasteiger charge is 2.48. The summed E-state index contributed by atoms with van der Waals surface area (Å²) in [6.07, 6.45) is 4.66. The zero-order valence-corrected chi connectivity index (χ0v) is 21.6. The van der Waals surface area contributed by atoms with Gasteiger partial charge in [-0.25, -0.2) is 0 Å². The number of nitrogens with zero attached hydrogens (tertiary/aromatic N) is 2. The molecule has 2 aromatic rings. The number of carbonyl (C=O) groups excluding carboxylic acids is 2. The summed E-state index contributed by atoms with van der Waals surface area (Å²) in [5.41, 5.74) is 3.97. The molecule has 1 aliphatic carbocycles. The summed E-state index contributed by atoms with van der Waals surface area (Å²) in [4.78, 5) is 31.3. The molecule has 2 amide bonds. The molecule has 2 aromatic carbocycles.